The lowest BCUT2D eigenvalue weighted by Gasteiger charge is -2.29. The molecule has 2 aliphatic rings. The van der Waals surface area contributed by atoms with Crippen LogP contribution in [0.2, 0.25) is 5.02 Å². The van der Waals surface area contributed by atoms with Crippen LogP contribution in [-0.4, -0.2) is 71.9 Å². The highest BCUT2D eigenvalue weighted by atomic mass is 35.5. The number of halogens is 1. The fourth-order valence-electron chi connectivity index (χ4n) is 4.88. The number of nitrogens with one attached hydrogen (secondary N) is 2. The Morgan fingerprint density at radius 2 is 1.92 bits per heavy atom. The monoisotopic (exact) mass is 550 g/mol. The molecule has 204 valence electrons. The molecule has 5 rings (SSSR count). The number of fused-ring (bicyclic) bond motifs is 1. The Hall–Kier alpha value is -3.89. The number of piperidine rings is 1. The minimum absolute atomic E-state index is 0.106. The van der Waals surface area contributed by atoms with E-state index in [1.165, 1.54) is 13.3 Å². The average molecular weight is 551 g/mol. The van der Waals surface area contributed by atoms with Crippen LogP contribution < -0.4 is 20.1 Å². The van der Waals surface area contributed by atoms with Gasteiger partial charge in [-0.25, -0.2) is 4.98 Å². The number of anilines is 2. The molecular formula is C28H31ClN6O4. The number of methoxy groups -OCH3 is 1. The lowest BCUT2D eigenvalue weighted by Crippen LogP contribution is -2.43. The predicted molar refractivity (Wildman–Crippen MR) is 148 cm³/mol. The molecule has 0 aliphatic carbocycles. The van der Waals surface area contributed by atoms with Gasteiger partial charge in [0.2, 0.25) is 11.8 Å². The Labute approximate surface area is 232 Å². The first kappa shape index (κ1) is 26.7. The van der Waals surface area contributed by atoms with Gasteiger partial charge in [-0.3, -0.25) is 9.59 Å². The normalized spacial score (nSPS) is 15.7. The number of nitrogens with zero attached hydrogens (tertiary/aromatic N) is 4. The number of amides is 2. The number of aromatic nitrogens is 2. The number of ether oxygens (including phenoxy) is 2. The maximum Gasteiger partial charge on any atom is 0.258 e. The molecule has 1 fully saturated rings. The smallest absolute Gasteiger partial charge is 0.258 e. The van der Waals surface area contributed by atoms with Gasteiger partial charge in [-0.15, -0.1) is 0 Å². The second-order valence-electron chi connectivity index (χ2n) is 9.94. The van der Waals surface area contributed by atoms with Gasteiger partial charge in [-0.05, 0) is 69.2 Å². The van der Waals surface area contributed by atoms with Crippen molar-refractivity contribution in [3.05, 3.63) is 63.8 Å². The van der Waals surface area contributed by atoms with Crippen LogP contribution in [0.15, 0.2) is 36.5 Å². The second kappa shape index (κ2) is 11.1. The summed E-state index contributed by atoms with van der Waals surface area (Å²) in [5, 5.41) is 6.49. The fourth-order valence-corrected chi connectivity index (χ4v) is 5.01. The van der Waals surface area contributed by atoms with Crippen LogP contribution >= 0.6 is 11.6 Å². The van der Waals surface area contributed by atoms with E-state index in [4.69, 9.17) is 21.1 Å². The Morgan fingerprint density at radius 1 is 1.15 bits per heavy atom. The lowest BCUT2D eigenvalue weighted by atomic mass is 10.0. The van der Waals surface area contributed by atoms with Crippen molar-refractivity contribution in [1.29, 1.82) is 0 Å². The number of carbonyl (C=O) groups excluding carboxylic acids is 2. The Bertz CT molecular complexity index is 1420. The van der Waals surface area contributed by atoms with Crippen LogP contribution in [0.3, 0.4) is 0 Å². The van der Waals surface area contributed by atoms with Crippen LogP contribution in [0, 0.1) is 6.92 Å². The molecule has 1 aromatic heterocycles. The zero-order valence-corrected chi connectivity index (χ0v) is 23.1. The third-order valence-electron chi connectivity index (χ3n) is 7.09. The van der Waals surface area contributed by atoms with Gasteiger partial charge in [0, 0.05) is 25.2 Å². The van der Waals surface area contributed by atoms with Crippen molar-refractivity contribution < 1.29 is 19.1 Å². The van der Waals surface area contributed by atoms with Crippen molar-refractivity contribution in [2.45, 2.75) is 32.4 Å². The van der Waals surface area contributed by atoms with E-state index in [0.717, 1.165) is 37.1 Å². The molecular weight excluding hydrogens is 520 g/mol. The molecule has 2 aromatic carbocycles. The van der Waals surface area contributed by atoms with E-state index in [9.17, 15) is 9.59 Å². The summed E-state index contributed by atoms with van der Waals surface area (Å²) in [6.07, 6.45) is 3.27. The van der Waals surface area contributed by atoms with E-state index in [0.29, 0.717) is 34.9 Å². The van der Waals surface area contributed by atoms with E-state index in [1.54, 1.807) is 24.1 Å². The molecule has 0 atom stereocenters. The molecule has 39 heavy (non-hydrogen) atoms. The Kier molecular flexibility index (Phi) is 7.58. The zero-order valence-electron chi connectivity index (χ0n) is 22.4. The number of likely N-dealkylation sites (tertiary alicyclic amines) is 1. The maximum absolute atomic E-state index is 13.0. The van der Waals surface area contributed by atoms with Gasteiger partial charge >= 0.3 is 0 Å². The molecule has 2 amide bonds. The second-order valence-corrected chi connectivity index (χ2v) is 10.4. The van der Waals surface area contributed by atoms with Gasteiger partial charge in [0.05, 0.1) is 24.6 Å². The van der Waals surface area contributed by atoms with Crippen LogP contribution in [0.4, 0.5) is 11.6 Å². The molecule has 0 saturated carbocycles. The number of hydrogen-bond acceptors (Lipinski definition) is 8. The van der Waals surface area contributed by atoms with E-state index < -0.39 is 0 Å². The van der Waals surface area contributed by atoms with Gasteiger partial charge in [-0.2, -0.15) is 4.98 Å². The van der Waals surface area contributed by atoms with Crippen LogP contribution in [0.25, 0.3) is 0 Å². The molecule has 3 heterocycles. The van der Waals surface area contributed by atoms with Gasteiger partial charge in [0.1, 0.15) is 16.5 Å². The first-order chi connectivity index (χ1) is 18.7. The largest absolute Gasteiger partial charge is 0.495 e. The van der Waals surface area contributed by atoms with Gasteiger partial charge < -0.3 is 29.9 Å². The average Bonchev–Trinajstić information content (AvgIpc) is 3.21. The van der Waals surface area contributed by atoms with Crippen molar-refractivity contribution in [2.75, 3.05) is 39.6 Å². The fraction of sp³-hybridized carbons (Fsp3) is 0.357. The molecule has 0 bridgehead atoms. The molecule has 11 heteroatoms. The van der Waals surface area contributed by atoms with E-state index in [-0.39, 0.29) is 34.7 Å². The molecule has 0 spiro atoms. The summed E-state index contributed by atoms with van der Waals surface area (Å²) in [4.78, 5) is 38.3. The first-order valence-electron chi connectivity index (χ1n) is 12.8. The number of rotatable bonds is 7. The van der Waals surface area contributed by atoms with E-state index >= 15 is 0 Å². The van der Waals surface area contributed by atoms with Gasteiger partial charge in [0.15, 0.2) is 0 Å². The van der Waals surface area contributed by atoms with E-state index in [1.807, 2.05) is 25.1 Å². The van der Waals surface area contributed by atoms with Crippen molar-refractivity contribution in [3.63, 3.8) is 0 Å². The molecule has 1 saturated heterocycles. The summed E-state index contributed by atoms with van der Waals surface area (Å²) in [5.41, 5.74) is 3.28. The highest BCUT2D eigenvalue weighted by Gasteiger charge is 2.29. The van der Waals surface area contributed by atoms with Crippen LogP contribution in [0.5, 0.6) is 17.4 Å². The molecule has 2 N–H and O–H groups in total. The third-order valence-corrected chi connectivity index (χ3v) is 7.35. The SMILES string of the molecule is COc1cc(C(=O)NC2CCN(C)CC2)c(C)cc1Nc1ncc(Cl)c(Oc2cccc3c2C(=O)N(C)C3)n1. The van der Waals surface area contributed by atoms with Crippen molar-refractivity contribution >= 4 is 35.1 Å². The topological polar surface area (TPSA) is 109 Å². The number of benzene rings is 2. The minimum atomic E-state index is -0.124. The maximum atomic E-state index is 13.0. The predicted octanol–water partition coefficient (Wildman–Crippen LogP) is 4.39. The summed E-state index contributed by atoms with van der Waals surface area (Å²) in [5.74, 6) is 0.915. The number of hydrogen-bond donors (Lipinski definition) is 2. The van der Waals surface area contributed by atoms with Crippen molar-refractivity contribution in [1.82, 2.24) is 25.1 Å². The number of carbonyl (C=O) groups is 2. The summed E-state index contributed by atoms with van der Waals surface area (Å²) in [7, 11) is 5.37. The number of aryl methyl sites for hydroxylation is 1. The highest BCUT2D eigenvalue weighted by molar-refractivity contribution is 6.31. The van der Waals surface area contributed by atoms with Crippen LogP contribution in [-0.2, 0) is 6.54 Å². The zero-order chi connectivity index (χ0) is 27.7. The summed E-state index contributed by atoms with van der Waals surface area (Å²) >= 11 is 6.35. The lowest BCUT2D eigenvalue weighted by molar-refractivity contribution is 0.0814. The summed E-state index contributed by atoms with van der Waals surface area (Å²) in [6, 6.07) is 9.12. The third kappa shape index (κ3) is 5.62. The van der Waals surface area contributed by atoms with Gasteiger partial charge in [-0.1, -0.05) is 23.7 Å². The molecule has 0 radical (unpaired) electrons. The standard InChI is InChI=1S/C28H31ClN6O4/c1-16-12-21(23(38-4)13-19(16)25(36)31-18-8-10-34(2)11-9-18)32-28-30-14-20(29)26(33-28)39-22-7-5-6-17-15-35(3)27(37)24(17)22/h5-7,12-14,18H,8-11,15H2,1-4H3,(H,31,36)(H,30,32,33). The summed E-state index contributed by atoms with van der Waals surface area (Å²) < 4.78 is 11.6. The molecule has 0 unspecified atom stereocenters. The quantitative estimate of drug-likeness (QED) is 0.446. The van der Waals surface area contributed by atoms with Crippen molar-refractivity contribution in [2.24, 2.45) is 0 Å². The Balaban J connectivity index is 1.36. The molecule has 3 aromatic rings. The van der Waals surface area contributed by atoms with E-state index in [2.05, 4.69) is 32.5 Å². The highest BCUT2D eigenvalue weighted by Crippen LogP contribution is 2.36. The van der Waals surface area contributed by atoms with Crippen LogP contribution in [0.1, 0.15) is 44.7 Å². The van der Waals surface area contributed by atoms with Gasteiger partial charge in [0.25, 0.3) is 11.8 Å². The first-order valence-corrected chi connectivity index (χ1v) is 13.1. The minimum Gasteiger partial charge on any atom is -0.495 e. The Morgan fingerprint density at radius 3 is 2.67 bits per heavy atom. The molecule has 2 aliphatic heterocycles. The molecule has 10 nitrogen and oxygen atoms in total. The summed E-state index contributed by atoms with van der Waals surface area (Å²) in [6.45, 7) is 4.31. The van der Waals surface area contributed by atoms with Crippen molar-refractivity contribution in [3.8, 4) is 17.4 Å².